The number of carbonyl (C=O) groups is 1. The van der Waals surface area contributed by atoms with Crippen LogP contribution in [0.1, 0.15) is 11.7 Å². The Morgan fingerprint density at radius 2 is 2.17 bits per heavy atom. The third kappa shape index (κ3) is 2.33. The van der Waals surface area contributed by atoms with Gasteiger partial charge in [0.1, 0.15) is 24.3 Å². The maximum atomic E-state index is 13.1. The number of rotatable bonds is 2. The molecule has 4 rings (SSSR count). The first-order chi connectivity index (χ1) is 11.1. The number of fused-ring (bicyclic) bond motifs is 1. The molecule has 0 saturated carbocycles. The Morgan fingerprint density at radius 3 is 2.96 bits per heavy atom. The van der Waals surface area contributed by atoms with Crippen LogP contribution in [0.15, 0.2) is 41.3 Å². The van der Waals surface area contributed by atoms with E-state index < -0.39 is 18.0 Å². The van der Waals surface area contributed by atoms with E-state index in [0.717, 1.165) is 6.20 Å². The minimum absolute atomic E-state index is 0.130. The van der Waals surface area contributed by atoms with Gasteiger partial charge in [0.15, 0.2) is 5.65 Å². The molecular weight excluding hydrogens is 369 g/mol. The lowest BCUT2D eigenvalue weighted by atomic mass is 10.2. The van der Waals surface area contributed by atoms with E-state index in [2.05, 4.69) is 31.0 Å². The molecule has 1 unspecified atom stereocenters. The van der Waals surface area contributed by atoms with Crippen molar-refractivity contribution in [3.8, 4) is 0 Å². The number of hydrogen-bond donors (Lipinski definition) is 0. The topological polar surface area (TPSA) is 72.6 Å². The van der Waals surface area contributed by atoms with Gasteiger partial charge in [-0.15, -0.1) is 0 Å². The molecule has 9 heteroatoms. The van der Waals surface area contributed by atoms with E-state index in [1.165, 1.54) is 17.0 Å². The summed E-state index contributed by atoms with van der Waals surface area (Å²) in [6.07, 6.45) is 3.91. The van der Waals surface area contributed by atoms with E-state index in [-0.39, 0.29) is 6.61 Å². The molecule has 1 aliphatic rings. The van der Waals surface area contributed by atoms with Crippen LogP contribution in [0.3, 0.4) is 0 Å². The van der Waals surface area contributed by atoms with E-state index in [9.17, 15) is 9.18 Å². The summed E-state index contributed by atoms with van der Waals surface area (Å²) in [5, 5.41) is 4.11. The van der Waals surface area contributed by atoms with Gasteiger partial charge in [-0.1, -0.05) is 0 Å². The van der Waals surface area contributed by atoms with Crippen LogP contribution in [0.5, 0.6) is 0 Å². The lowest BCUT2D eigenvalue weighted by Gasteiger charge is -2.19. The molecule has 0 aliphatic carbocycles. The van der Waals surface area contributed by atoms with Gasteiger partial charge in [-0.25, -0.2) is 23.6 Å². The zero-order chi connectivity index (χ0) is 16.0. The van der Waals surface area contributed by atoms with Gasteiger partial charge in [0.2, 0.25) is 0 Å². The summed E-state index contributed by atoms with van der Waals surface area (Å²) in [5.41, 5.74) is 1.11. The van der Waals surface area contributed by atoms with Crippen LogP contribution in [-0.2, 0) is 4.74 Å². The van der Waals surface area contributed by atoms with E-state index in [0.29, 0.717) is 21.6 Å². The molecule has 1 saturated heterocycles. The van der Waals surface area contributed by atoms with Crippen LogP contribution in [0.4, 0.5) is 15.0 Å². The first-order valence-corrected chi connectivity index (χ1v) is 7.50. The monoisotopic (exact) mass is 377 g/mol. The standard InChI is InChI=1S/C14H9BrFN5O2/c15-9-6-18-20-4-3-12(19-13(9)20)21-11(7-23-14(21)22)10-2-1-8(16)5-17-10/h1-6,11H,7H2. The molecule has 0 aromatic carbocycles. The third-order valence-electron chi connectivity index (χ3n) is 3.52. The molecule has 3 aromatic heterocycles. The summed E-state index contributed by atoms with van der Waals surface area (Å²) >= 11 is 3.36. The lowest BCUT2D eigenvalue weighted by Crippen LogP contribution is -2.28. The molecule has 4 heterocycles. The molecule has 116 valence electrons. The van der Waals surface area contributed by atoms with Gasteiger partial charge in [-0.3, -0.25) is 4.98 Å². The number of cyclic esters (lactones) is 1. The Morgan fingerprint density at radius 1 is 1.30 bits per heavy atom. The highest BCUT2D eigenvalue weighted by Crippen LogP contribution is 2.31. The average molecular weight is 378 g/mol. The Kier molecular flexibility index (Phi) is 3.22. The average Bonchev–Trinajstić information content (AvgIpc) is 3.11. The fourth-order valence-corrected chi connectivity index (χ4v) is 2.80. The van der Waals surface area contributed by atoms with E-state index in [1.54, 1.807) is 23.0 Å². The Hall–Kier alpha value is -2.55. The number of nitrogens with zero attached hydrogens (tertiary/aromatic N) is 5. The summed E-state index contributed by atoms with van der Waals surface area (Å²) in [7, 11) is 0. The van der Waals surface area contributed by atoms with E-state index in [4.69, 9.17) is 4.74 Å². The molecule has 7 nitrogen and oxygen atoms in total. The van der Waals surface area contributed by atoms with Crippen molar-refractivity contribution in [3.63, 3.8) is 0 Å². The maximum Gasteiger partial charge on any atom is 0.416 e. The number of amides is 1. The molecule has 1 fully saturated rings. The number of pyridine rings is 1. The molecule has 0 N–H and O–H groups in total. The molecule has 0 spiro atoms. The summed E-state index contributed by atoms with van der Waals surface area (Å²) < 4.78 is 20.5. The largest absolute Gasteiger partial charge is 0.446 e. The van der Waals surface area contributed by atoms with E-state index >= 15 is 0 Å². The van der Waals surface area contributed by atoms with Gasteiger partial charge in [0.05, 0.1) is 22.6 Å². The summed E-state index contributed by atoms with van der Waals surface area (Å²) in [5.74, 6) is -0.0226. The van der Waals surface area contributed by atoms with Crippen LogP contribution >= 0.6 is 15.9 Å². The van der Waals surface area contributed by atoms with Crippen molar-refractivity contribution in [3.05, 3.63) is 52.8 Å². The number of halogens is 2. The van der Waals surface area contributed by atoms with Gasteiger partial charge in [-0.2, -0.15) is 5.10 Å². The fraction of sp³-hybridized carbons (Fsp3) is 0.143. The van der Waals surface area contributed by atoms with Crippen molar-refractivity contribution < 1.29 is 13.9 Å². The highest BCUT2D eigenvalue weighted by atomic mass is 79.9. The van der Waals surface area contributed by atoms with E-state index in [1.807, 2.05) is 0 Å². The highest BCUT2D eigenvalue weighted by molar-refractivity contribution is 9.10. The zero-order valence-corrected chi connectivity index (χ0v) is 13.1. The summed E-state index contributed by atoms with van der Waals surface area (Å²) in [4.78, 5) is 22.0. The van der Waals surface area contributed by atoms with Crippen LogP contribution in [0, 0.1) is 5.82 Å². The second-order valence-corrected chi connectivity index (χ2v) is 5.76. The molecule has 3 aromatic rings. The highest BCUT2D eigenvalue weighted by Gasteiger charge is 2.37. The van der Waals surface area contributed by atoms with Crippen molar-refractivity contribution in [2.75, 3.05) is 11.5 Å². The number of aromatic nitrogens is 4. The van der Waals surface area contributed by atoms with Crippen molar-refractivity contribution in [2.24, 2.45) is 0 Å². The van der Waals surface area contributed by atoms with Gasteiger partial charge in [-0.05, 0) is 34.1 Å². The predicted octanol–water partition coefficient (Wildman–Crippen LogP) is 2.72. The number of hydrogen-bond acceptors (Lipinski definition) is 5. The Labute approximate surface area is 137 Å². The maximum absolute atomic E-state index is 13.1. The van der Waals surface area contributed by atoms with Crippen molar-refractivity contribution >= 4 is 33.5 Å². The zero-order valence-electron chi connectivity index (χ0n) is 11.6. The lowest BCUT2D eigenvalue weighted by molar-refractivity contribution is 0.178. The Balaban J connectivity index is 1.78. The number of ether oxygens (including phenoxy) is 1. The van der Waals surface area contributed by atoms with Gasteiger partial charge in [0.25, 0.3) is 0 Å². The number of carbonyl (C=O) groups excluding carboxylic acids is 1. The molecule has 1 aliphatic heterocycles. The molecule has 1 atom stereocenters. The van der Waals surface area contributed by atoms with Crippen molar-refractivity contribution in [2.45, 2.75) is 6.04 Å². The third-order valence-corrected chi connectivity index (χ3v) is 4.08. The number of anilines is 1. The predicted molar refractivity (Wildman–Crippen MR) is 81.5 cm³/mol. The molecule has 0 bridgehead atoms. The second kappa shape index (κ2) is 5.27. The SMILES string of the molecule is O=C1OCC(c2ccc(F)cn2)N1c1ccn2ncc(Br)c2n1. The minimum atomic E-state index is -0.520. The molecule has 1 amide bonds. The summed E-state index contributed by atoms with van der Waals surface area (Å²) in [6, 6.07) is 4.03. The van der Waals surface area contributed by atoms with Crippen LogP contribution in [-0.4, -0.2) is 32.3 Å². The first-order valence-electron chi connectivity index (χ1n) is 6.71. The smallest absolute Gasteiger partial charge is 0.416 e. The van der Waals surface area contributed by atoms with Gasteiger partial charge >= 0.3 is 6.09 Å². The van der Waals surface area contributed by atoms with Gasteiger partial charge < -0.3 is 4.74 Å². The molecular formula is C14H9BrFN5O2. The van der Waals surface area contributed by atoms with Crippen LogP contribution in [0.2, 0.25) is 0 Å². The normalized spacial score (nSPS) is 17.7. The minimum Gasteiger partial charge on any atom is -0.446 e. The quantitative estimate of drug-likeness (QED) is 0.686. The van der Waals surface area contributed by atoms with Crippen molar-refractivity contribution in [1.29, 1.82) is 0 Å². The summed E-state index contributed by atoms with van der Waals surface area (Å²) in [6.45, 7) is 0.130. The van der Waals surface area contributed by atoms with Crippen LogP contribution < -0.4 is 4.90 Å². The van der Waals surface area contributed by atoms with Crippen LogP contribution in [0.25, 0.3) is 5.65 Å². The fourth-order valence-electron chi connectivity index (χ4n) is 2.44. The molecule has 0 radical (unpaired) electrons. The van der Waals surface area contributed by atoms with Gasteiger partial charge in [0, 0.05) is 6.20 Å². The second-order valence-electron chi connectivity index (χ2n) is 4.91. The first kappa shape index (κ1) is 14.1. The van der Waals surface area contributed by atoms with Crippen molar-refractivity contribution in [1.82, 2.24) is 19.6 Å². The Bertz CT molecular complexity index is 898. The molecule has 23 heavy (non-hydrogen) atoms.